The minimum atomic E-state index is -0.335. The molecular weight excluding hydrogens is 383 g/mol. The van der Waals surface area contributed by atoms with Crippen molar-refractivity contribution < 1.29 is 18.7 Å². The molecule has 0 fully saturated rings. The molecule has 5 nitrogen and oxygen atoms in total. The molecule has 0 aliphatic carbocycles. The van der Waals surface area contributed by atoms with Crippen LogP contribution in [0.1, 0.15) is 28.4 Å². The first-order valence-corrected chi connectivity index (χ1v) is 9.75. The Morgan fingerprint density at radius 2 is 1.73 bits per heavy atom. The highest BCUT2D eigenvalue weighted by molar-refractivity contribution is 6.06. The molecule has 1 aliphatic heterocycles. The first-order chi connectivity index (χ1) is 14.5. The van der Waals surface area contributed by atoms with Crippen LogP contribution in [0.15, 0.2) is 66.7 Å². The van der Waals surface area contributed by atoms with Crippen LogP contribution in [-0.2, 0) is 17.8 Å². The zero-order valence-electron chi connectivity index (χ0n) is 16.5. The molecule has 0 bridgehead atoms. The molecule has 0 radical (unpaired) electrons. The molecule has 0 atom stereocenters. The largest absolute Gasteiger partial charge is 0.482 e. The Balaban J connectivity index is 1.58. The molecular formula is C24H21FN2O3. The van der Waals surface area contributed by atoms with E-state index in [2.05, 4.69) is 12.2 Å². The third-order valence-electron chi connectivity index (χ3n) is 5.04. The van der Waals surface area contributed by atoms with Gasteiger partial charge in [-0.25, -0.2) is 4.39 Å². The highest BCUT2D eigenvalue weighted by Gasteiger charge is 2.26. The van der Waals surface area contributed by atoms with Gasteiger partial charge in [-0.3, -0.25) is 9.59 Å². The lowest BCUT2D eigenvalue weighted by Crippen LogP contribution is -2.38. The van der Waals surface area contributed by atoms with Gasteiger partial charge in [0.05, 0.1) is 12.2 Å². The highest BCUT2D eigenvalue weighted by atomic mass is 19.1. The number of halogens is 1. The lowest BCUT2D eigenvalue weighted by Gasteiger charge is -2.30. The number of carbonyl (C=O) groups is 2. The Morgan fingerprint density at radius 1 is 1.03 bits per heavy atom. The molecule has 3 aromatic rings. The fourth-order valence-corrected chi connectivity index (χ4v) is 3.32. The van der Waals surface area contributed by atoms with Crippen molar-refractivity contribution in [1.82, 2.24) is 0 Å². The molecule has 152 valence electrons. The predicted octanol–water partition coefficient (Wildman–Crippen LogP) is 4.57. The van der Waals surface area contributed by atoms with Crippen molar-refractivity contribution >= 4 is 23.2 Å². The summed E-state index contributed by atoms with van der Waals surface area (Å²) in [5.41, 5.74) is 3.60. The van der Waals surface area contributed by atoms with E-state index < -0.39 is 0 Å². The van der Waals surface area contributed by atoms with Gasteiger partial charge >= 0.3 is 0 Å². The van der Waals surface area contributed by atoms with E-state index in [9.17, 15) is 14.0 Å². The van der Waals surface area contributed by atoms with E-state index in [0.29, 0.717) is 22.7 Å². The van der Waals surface area contributed by atoms with E-state index in [4.69, 9.17) is 4.74 Å². The van der Waals surface area contributed by atoms with Crippen molar-refractivity contribution in [1.29, 1.82) is 0 Å². The summed E-state index contributed by atoms with van der Waals surface area (Å²) < 4.78 is 18.7. The molecule has 0 unspecified atom stereocenters. The van der Waals surface area contributed by atoms with E-state index in [1.165, 1.54) is 17.7 Å². The van der Waals surface area contributed by atoms with Gasteiger partial charge in [-0.1, -0.05) is 31.2 Å². The van der Waals surface area contributed by atoms with Gasteiger partial charge < -0.3 is 15.0 Å². The van der Waals surface area contributed by atoms with Crippen LogP contribution in [0.4, 0.5) is 15.8 Å². The fraction of sp³-hybridized carbons (Fsp3) is 0.167. The van der Waals surface area contributed by atoms with Gasteiger partial charge in [-0.05, 0) is 60.0 Å². The van der Waals surface area contributed by atoms with Gasteiger partial charge in [0, 0.05) is 11.3 Å². The summed E-state index contributed by atoms with van der Waals surface area (Å²) in [5.74, 6) is -0.305. The Morgan fingerprint density at radius 3 is 2.43 bits per heavy atom. The van der Waals surface area contributed by atoms with Crippen molar-refractivity contribution in [2.24, 2.45) is 0 Å². The second kappa shape index (κ2) is 8.37. The molecule has 0 spiro atoms. The number of carbonyl (C=O) groups excluding carboxylic acids is 2. The van der Waals surface area contributed by atoms with Crippen LogP contribution in [-0.4, -0.2) is 18.4 Å². The molecule has 30 heavy (non-hydrogen) atoms. The number of benzene rings is 3. The topological polar surface area (TPSA) is 58.6 Å². The van der Waals surface area contributed by atoms with Crippen LogP contribution in [0, 0.1) is 5.82 Å². The molecule has 1 N–H and O–H groups in total. The van der Waals surface area contributed by atoms with Crippen molar-refractivity contribution in [2.45, 2.75) is 19.9 Å². The van der Waals surface area contributed by atoms with Gasteiger partial charge in [0.25, 0.3) is 11.8 Å². The zero-order valence-corrected chi connectivity index (χ0v) is 16.5. The summed E-state index contributed by atoms with van der Waals surface area (Å²) in [6.45, 7) is 2.25. The summed E-state index contributed by atoms with van der Waals surface area (Å²) in [5, 5.41) is 2.87. The molecule has 0 aromatic heterocycles. The Bertz CT molecular complexity index is 1080. The molecule has 1 heterocycles. The molecule has 4 rings (SSSR count). The third kappa shape index (κ3) is 4.17. The van der Waals surface area contributed by atoms with Gasteiger partial charge in [0.15, 0.2) is 6.61 Å². The number of hydrogen-bond donors (Lipinski definition) is 1. The van der Waals surface area contributed by atoms with Crippen molar-refractivity contribution in [3.8, 4) is 5.75 Å². The van der Waals surface area contributed by atoms with Crippen LogP contribution in [0.5, 0.6) is 5.75 Å². The number of anilines is 2. The lowest BCUT2D eigenvalue weighted by atomic mass is 10.1. The number of hydrogen-bond acceptors (Lipinski definition) is 3. The number of ether oxygens (including phenoxy) is 1. The smallest absolute Gasteiger partial charge is 0.265 e. The van der Waals surface area contributed by atoms with Crippen LogP contribution < -0.4 is 15.0 Å². The Hall–Kier alpha value is -3.67. The first-order valence-electron chi connectivity index (χ1n) is 9.75. The first kappa shape index (κ1) is 19.6. The number of rotatable bonds is 5. The number of amides is 2. The van der Waals surface area contributed by atoms with Gasteiger partial charge in [0.2, 0.25) is 0 Å². The van der Waals surface area contributed by atoms with Crippen LogP contribution in [0.2, 0.25) is 0 Å². The normalized spacial score (nSPS) is 12.9. The summed E-state index contributed by atoms with van der Waals surface area (Å²) in [4.78, 5) is 26.8. The SMILES string of the molecule is CCc1ccc(NC(=O)c2ccc3c(c2)N(Cc2ccc(F)cc2)C(=O)CO3)cc1. The third-order valence-corrected chi connectivity index (χ3v) is 5.04. The van der Waals surface area contributed by atoms with Gasteiger partial charge in [0.1, 0.15) is 11.6 Å². The quantitative estimate of drug-likeness (QED) is 0.678. The maximum Gasteiger partial charge on any atom is 0.265 e. The monoisotopic (exact) mass is 404 g/mol. The molecule has 0 saturated heterocycles. The van der Waals surface area contributed by atoms with Gasteiger partial charge in [-0.2, -0.15) is 0 Å². The lowest BCUT2D eigenvalue weighted by molar-refractivity contribution is -0.121. The van der Waals surface area contributed by atoms with Crippen molar-refractivity contribution in [3.05, 3.63) is 89.2 Å². The number of aryl methyl sites for hydroxylation is 1. The molecule has 0 saturated carbocycles. The van der Waals surface area contributed by atoms with Crippen molar-refractivity contribution in [2.75, 3.05) is 16.8 Å². The van der Waals surface area contributed by atoms with Crippen LogP contribution >= 0.6 is 0 Å². The van der Waals surface area contributed by atoms with E-state index in [1.807, 2.05) is 24.3 Å². The van der Waals surface area contributed by atoms with E-state index in [-0.39, 0.29) is 30.8 Å². The summed E-state index contributed by atoms with van der Waals surface area (Å²) in [6.07, 6.45) is 0.928. The molecule has 6 heteroatoms. The van der Waals surface area contributed by atoms with Crippen LogP contribution in [0.3, 0.4) is 0 Å². The number of fused-ring (bicyclic) bond motifs is 1. The standard InChI is InChI=1S/C24H21FN2O3/c1-2-16-5-10-20(11-6-16)26-24(29)18-7-12-22-21(13-18)27(23(28)15-30-22)14-17-3-8-19(25)9-4-17/h3-13H,2,14-15H2,1H3,(H,26,29). The second-order valence-electron chi connectivity index (χ2n) is 7.08. The van der Waals surface area contributed by atoms with E-state index >= 15 is 0 Å². The van der Waals surface area contributed by atoms with Crippen molar-refractivity contribution in [3.63, 3.8) is 0 Å². The fourth-order valence-electron chi connectivity index (χ4n) is 3.32. The van der Waals surface area contributed by atoms with E-state index in [1.54, 1.807) is 35.2 Å². The van der Waals surface area contributed by atoms with Gasteiger partial charge in [-0.15, -0.1) is 0 Å². The Labute approximate surface area is 174 Å². The second-order valence-corrected chi connectivity index (χ2v) is 7.08. The average molecular weight is 404 g/mol. The number of nitrogens with one attached hydrogen (secondary N) is 1. The molecule has 3 aromatic carbocycles. The highest BCUT2D eigenvalue weighted by Crippen LogP contribution is 2.34. The maximum absolute atomic E-state index is 13.2. The average Bonchev–Trinajstić information content (AvgIpc) is 2.77. The zero-order chi connectivity index (χ0) is 21.1. The summed E-state index contributed by atoms with van der Waals surface area (Å²) in [6, 6.07) is 18.6. The molecule has 1 aliphatic rings. The number of nitrogens with zero attached hydrogens (tertiary/aromatic N) is 1. The van der Waals surface area contributed by atoms with E-state index in [0.717, 1.165) is 12.0 Å². The predicted molar refractivity (Wildman–Crippen MR) is 113 cm³/mol. The Kier molecular flexibility index (Phi) is 5.48. The summed E-state index contributed by atoms with van der Waals surface area (Å²) >= 11 is 0. The maximum atomic E-state index is 13.2. The summed E-state index contributed by atoms with van der Waals surface area (Å²) in [7, 11) is 0. The molecule has 2 amide bonds. The van der Waals surface area contributed by atoms with Crippen LogP contribution in [0.25, 0.3) is 0 Å². The minimum Gasteiger partial charge on any atom is -0.482 e. The minimum absolute atomic E-state index is 0.0798.